The van der Waals surface area contributed by atoms with E-state index >= 15 is 0 Å². The monoisotopic (exact) mass is 549 g/mol. The fourth-order valence-corrected chi connectivity index (χ4v) is 6.69. The van der Waals surface area contributed by atoms with Crippen LogP contribution in [0.3, 0.4) is 0 Å². The van der Waals surface area contributed by atoms with Crippen LogP contribution in [-0.4, -0.2) is 50.1 Å². The molecule has 1 aromatic heterocycles. The number of aromatic nitrogens is 2. The van der Waals surface area contributed by atoms with Crippen molar-refractivity contribution in [2.75, 3.05) is 23.1 Å². The Morgan fingerprint density at radius 1 is 0.889 bits per heavy atom. The Labute approximate surface area is 214 Å². The number of hydrogen-bond acceptors (Lipinski definition) is 7. The van der Waals surface area contributed by atoms with Crippen LogP contribution in [0.4, 0.5) is 11.6 Å². The molecule has 0 aliphatic carbocycles. The number of anilines is 2. The van der Waals surface area contributed by atoms with Gasteiger partial charge in [-0.15, -0.1) is 0 Å². The molecular weight excluding hydrogens is 526 g/mol. The van der Waals surface area contributed by atoms with Crippen LogP contribution in [0.2, 0.25) is 5.02 Å². The van der Waals surface area contributed by atoms with Gasteiger partial charge in [0.25, 0.3) is 15.9 Å². The zero-order chi connectivity index (χ0) is 25.8. The Morgan fingerprint density at radius 2 is 1.53 bits per heavy atom. The Bertz CT molecular complexity index is 1440. The third-order valence-electron chi connectivity index (χ3n) is 5.59. The predicted octanol–water partition coefficient (Wildman–Crippen LogP) is 3.75. The maximum Gasteiger partial charge on any atom is 0.264 e. The fourth-order valence-electron chi connectivity index (χ4n) is 3.71. The summed E-state index contributed by atoms with van der Waals surface area (Å²) in [4.78, 5) is 20.3. The largest absolute Gasteiger partial charge is 0.322 e. The summed E-state index contributed by atoms with van der Waals surface area (Å²) in [5.41, 5.74) is 0.425. The van der Waals surface area contributed by atoms with Crippen molar-refractivity contribution in [3.05, 3.63) is 71.5 Å². The highest BCUT2D eigenvalue weighted by molar-refractivity contribution is 7.92. The predicted molar refractivity (Wildman–Crippen MR) is 136 cm³/mol. The van der Waals surface area contributed by atoms with Crippen molar-refractivity contribution < 1.29 is 21.6 Å². The Morgan fingerprint density at radius 3 is 2.17 bits per heavy atom. The van der Waals surface area contributed by atoms with Crippen LogP contribution in [0.15, 0.2) is 70.7 Å². The van der Waals surface area contributed by atoms with E-state index in [0.717, 1.165) is 25.7 Å². The second kappa shape index (κ2) is 10.9. The number of halogens is 1. The van der Waals surface area contributed by atoms with Crippen LogP contribution in [-0.2, 0) is 20.0 Å². The van der Waals surface area contributed by atoms with Crippen molar-refractivity contribution in [2.45, 2.75) is 35.5 Å². The van der Waals surface area contributed by atoms with Crippen molar-refractivity contribution in [3.8, 4) is 0 Å². The van der Waals surface area contributed by atoms with Gasteiger partial charge in [0.2, 0.25) is 16.0 Å². The number of nitrogens with one attached hydrogen (secondary N) is 2. The lowest BCUT2D eigenvalue weighted by atomic mass is 10.2. The lowest BCUT2D eigenvalue weighted by Gasteiger charge is -2.21. The average Bonchev–Trinajstić information content (AvgIpc) is 3.15. The Hall–Kier alpha value is -3.06. The van der Waals surface area contributed by atoms with E-state index in [-0.39, 0.29) is 26.3 Å². The molecule has 1 aliphatic heterocycles. The summed E-state index contributed by atoms with van der Waals surface area (Å²) >= 11 is 6.21. The molecule has 13 heteroatoms. The number of rotatable bonds is 7. The highest BCUT2D eigenvalue weighted by Crippen LogP contribution is 2.28. The number of sulfonamides is 2. The molecule has 1 aliphatic rings. The van der Waals surface area contributed by atoms with Crippen molar-refractivity contribution in [1.82, 2.24) is 14.3 Å². The van der Waals surface area contributed by atoms with Crippen molar-refractivity contribution in [3.63, 3.8) is 0 Å². The highest BCUT2D eigenvalue weighted by atomic mass is 35.5. The summed E-state index contributed by atoms with van der Waals surface area (Å²) in [7, 11) is -7.78. The first-order chi connectivity index (χ1) is 17.2. The van der Waals surface area contributed by atoms with Crippen LogP contribution in [0.25, 0.3) is 0 Å². The molecule has 0 radical (unpaired) electrons. The smallest absolute Gasteiger partial charge is 0.264 e. The maximum atomic E-state index is 13.2. The molecule has 0 spiro atoms. The van der Waals surface area contributed by atoms with Gasteiger partial charge in [-0.1, -0.05) is 24.4 Å². The first-order valence-electron chi connectivity index (χ1n) is 11.2. The zero-order valence-corrected chi connectivity index (χ0v) is 21.5. The van der Waals surface area contributed by atoms with E-state index in [0.29, 0.717) is 18.8 Å². The van der Waals surface area contributed by atoms with Gasteiger partial charge in [0.05, 0.1) is 9.92 Å². The van der Waals surface area contributed by atoms with Crippen LogP contribution in [0, 0.1) is 0 Å². The third-order valence-corrected chi connectivity index (χ3v) is 9.31. The summed E-state index contributed by atoms with van der Waals surface area (Å²) in [6.45, 7) is 0.825. The minimum absolute atomic E-state index is 0.0419. The minimum atomic E-state index is -3.92. The molecule has 1 amide bonds. The number of amides is 1. The number of carbonyl (C=O) groups is 1. The van der Waals surface area contributed by atoms with E-state index in [1.165, 1.54) is 59.2 Å². The highest BCUT2D eigenvalue weighted by Gasteiger charge is 2.28. The van der Waals surface area contributed by atoms with Crippen LogP contribution >= 0.6 is 11.6 Å². The van der Waals surface area contributed by atoms with E-state index in [9.17, 15) is 21.6 Å². The quantitative estimate of drug-likeness (QED) is 0.457. The minimum Gasteiger partial charge on any atom is -0.322 e. The molecule has 0 unspecified atom stereocenters. The molecule has 4 rings (SSSR count). The first-order valence-corrected chi connectivity index (χ1v) is 14.5. The van der Waals surface area contributed by atoms with Gasteiger partial charge in [-0.2, -0.15) is 4.31 Å². The topological polar surface area (TPSA) is 138 Å². The van der Waals surface area contributed by atoms with Gasteiger partial charge in [-0.3, -0.25) is 4.79 Å². The van der Waals surface area contributed by atoms with Crippen molar-refractivity contribution >= 4 is 49.2 Å². The van der Waals surface area contributed by atoms with E-state index < -0.39 is 26.0 Å². The van der Waals surface area contributed by atoms with Crippen molar-refractivity contribution in [2.24, 2.45) is 0 Å². The molecule has 36 heavy (non-hydrogen) atoms. The normalized spacial score (nSPS) is 15.1. The van der Waals surface area contributed by atoms with Gasteiger partial charge in [0, 0.05) is 36.7 Å². The van der Waals surface area contributed by atoms with Crippen LogP contribution < -0.4 is 10.0 Å². The first kappa shape index (κ1) is 26.0. The van der Waals surface area contributed by atoms with Gasteiger partial charge in [0.1, 0.15) is 4.90 Å². The molecule has 10 nitrogen and oxygen atoms in total. The third kappa shape index (κ3) is 6.01. The summed E-state index contributed by atoms with van der Waals surface area (Å²) in [6.07, 6.45) is 6.31. The molecule has 0 atom stereocenters. The molecule has 2 N–H and O–H groups in total. The van der Waals surface area contributed by atoms with E-state index in [4.69, 9.17) is 11.6 Å². The Balaban J connectivity index is 1.50. The van der Waals surface area contributed by atoms with Crippen LogP contribution in [0.5, 0.6) is 0 Å². The summed E-state index contributed by atoms with van der Waals surface area (Å²) in [5.74, 6) is -0.631. The second-order valence-electron chi connectivity index (χ2n) is 8.12. The lowest BCUT2D eigenvalue weighted by molar-refractivity contribution is 0.102. The van der Waals surface area contributed by atoms with Gasteiger partial charge >= 0.3 is 0 Å². The number of benzene rings is 2. The van der Waals surface area contributed by atoms with E-state index in [2.05, 4.69) is 20.0 Å². The summed E-state index contributed by atoms with van der Waals surface area (Å²) in [5, 5.41) is 2.69. The lowest BCUT2D eigenvalue weighted by Crippen LogP contribution is -2.32. The Kier molecular flexibility index (Phi) is 7.88. The van der Waals surface area contributed by atoms with E-state index in [1.807, 2.05) is 0 Å². The number of hydrogen-bond donors (Lipinski definition) is 2. The summed E-state index contributed by atoms with van der Waals surface area (Å²) < 4.78 is 55.1. The number of nitrogens with zero attached hydrogens (tertiary/aromatic N) is 3. The summed E-state index contributed by atoms with van der Waals surface area (Å²) in [6, 6.07) is 11.1. The zero-order valence-electron chi connectivity index (χ0n) is 19.1. The van der Waals surface area contributed by atoms with Crippen LogP contribution in [0.1, 0.15) is 36.0 Å². The molecule has 0 bridgehead atoms. The van der Waals surface area contributed by atoms with Crippen molar-refractivity contribution in [1.29, 1.82) is 0 Å². The average molecular weight is 550 g/mol. The SMILES string of the molecule is O=C(Nc1ccc(S(=O)(=O)Nc2ncccn2)cc1)c1ccc(Cl)c(S(=O)(=O)N2CCCCCC2)c1. The second-order valence-corrected chi connectivity index (χ2v) is 12.1. The van der Waals surface area contributed by atoms with Gasteiger partial charge in [-0.05, 0) is 61.4 Å². The fraction of sp³-hybridized carbons (Fsp3) is 0.261. The molecule has 2 aromatic carbocycles. The maximum absolute atomic E-state index is 13.2. The molecule has 2 heterocycles. The van der Waals surface area contributed by atoms with Gasteiger partial charge in [-0.25, -0.2) is 31.5 Å². The van der Waals surface area contributed by atoms with Gasteiger partial charge < -0.3 is 5.32 Å². The molecular formula is C23H24ClN5O5S2. The molecule has 190 valence electrons. The molecule has 3 aromatic rings. The number of carbonyl (C=O) groups excluding carboxylic acids is 1. The standard InChI is InChI=1S/C23H24ClN5O5S2/c24-20-11-6-17(16-21(20)36(33,34)29-14-3-1-2-4-15-29)22(30)27-18-7-9-19(10-8-18)35(31,32)28-23-25-12-5-13-26-23/h5-13,16H,1-4,14-15H2,(H,27,30)(H,25,26,28). The van der Waals surface area contributed by atoms with E-state index in [1.54, 1.807) is 6.07 Å². The van der Waals surface area contributed by atoms with Gasteiger partial charge in [0.15, 0.2) is 0 Å². The molecule has 0 saturated carbocycles. The molecule has 1 fully saturated rings. The molecule has 1 saturated heterocycles.